The van der Waals surface area contributed by atoms with Crippen LogP contribution in [0.1, 0.15) is 6.23 Å². The Balaban J connectivity index is 0. The van der Waals surface area contributed by atoms with Crippen molar-refractivity contribution < 1.29 is 184 Å². The number of fused-ring (bicyclic) bond motifs is 1. The average Bonchev–Trinajstić information content (AvgIpc) is 3.12. The number of aliphatic hydroxyl groups excluding tert-OH is 2. The van der Waals surface area contributed by atoms with Gasteiger partial charge in [0.25, 0.3) is 15.6 Å². The van der Waals surface area contributed by atoms with Crippen molar-refractivity contribution in [3.8, 4) is 0 Å². The molecule has 0 spiro atoms. The molecule has 2 aromatic rings. The molecule has 6 unspecified atom stereocenters. The maximum atomic E-state index is 13.5. The van der Waals surface area contributed by atoms with E-state index in [2.05, 4.69) is 28.1 Å². The number of hydrogen-bond acceptors (Lipinski definition) is 17. The molecule has 0 aromatic carbocycles. The number of imidazole rings is 1. The van der Waals surface area contributed by atoms with Crippen molar-refractivity contribution in [1.29, 1.82) is 0 Å². The Kier molecular flexibility index (Phi) is 17.8. The van der Waals surface area contributed by atoms with Gasteiger partial charge >= 0.3 is 124 Å². The number of aliphatic hydroxyl groups is 2. The van der Waals surface area contributed by atoms with E-state index >= 15 is 0 Å². The van der Waals surface area contributed by atoms with Crippen molar-refractivity contribution in [3.05, 3.63) is 12.4 Å². The Labute approximate surface area is 289 Å². The summed E-state index contributed by atoms with van der Waals surface area (Å²) in [5.74, 6) is -0.339. The predicted molar refractivity (Wildman–Crippen MR) is 86.6 cm³/mol. The van der Waals surface area contributed by atoms with Crippen LogP contribution in [0.15, 0.2) is 6.33 Å². The van der Waals surface area contributed by atoms with Crippen LogP contribution >= 0.6 is 23.5 Å². The fourth-order valence-corrected chi connectivity index (χ4v) is 5.51. The molecule has 3 rings (SSSR count). The van der Waals surface area contributed by atoms with Crippen LogP contribution in [0, 0.1) is 6.08 Å². The summed E-state index contributed by atoms with van der Waals surface area (Å²) in [7, 11) is -18.2. The molecule has 4 N–H and O–H groups in total. The van der Waals surface area contributed by atoms with Crippen LogP contribution in [0.4, 0.5) is 10.2 Å². The van der Waals surface area contributed by atoms with Crippen LogP contribution in [0.2, 0.25) is 0 Å². The smallest absolute Gasteiger partial charge is 0.790 e. The van der Waals surface area contributed by atoms with Crippen molar-refractivity contribution in [2.45, 2.75) is 24.5 Å². The first-order valence-electron chi connectivity index (χ1n) is 7.97. The first kappa shape index (κ1) is 40.7. The molecule has 6 atom stereocenters. The number of nitrogens with two attached hydrogens (primary N) is 1. The van der Waals surface area contributed by atoms with Gasteiger partial charge in [-0.3, -0.25) is 18.0 Å². The molecule has 0 amide bonds. The zero-order valence-electron chi connectivity index (χ0n) is 19.1. The molecule has 180 valence electrons. The van der Waals surface area contributed by atoms with E-state index < -0.39 is 60.7 Å². The van der Waals surface area contributed by atoms with Crippen LogP contribution in [-0.2, 0) is 31.6 Å². The number of phosphoric acid groups is 3. The van der Waals surface area contributed by atoms with Crippen LogP contribution in [0.3, 0.4) is 0 Å². The summed E-state index contributed by atoms with van der Waals surface area (Å²) in [5, 5.41) is 20.3. The average molecular weight is 613 g/mol. The fraction of sp³-hybridized carbons (Fsp3) is 0.500. The van der Waals surface area contributed by atoms with Crippen LogP contribution in [0.25, 0.3) is 11.2 Å². The first-order chi connectivity index (χ1) is 14.6. The second-order valence-electron chi connectivity index (χ2n) is 6.05. The topological polar surface area (TPSA) is 290 Å². The van der Waals surface area contributed by atoms with Crippen molar-refractivity contribution in [2.75, 3.05) is 12.3 Å². The van der Waals surface area contributed by atoms with E-state index in [1.807, 2.05) is 0 Å². The van der Waals surface area contributed by atoms with Gasteiger partial charge in [0, 0.05) is 0 Å². The van der Waals surface area contributed by atoms with Gasteiger partial charge in [-0.2, -0.15) is 14.4 Å². The van der Waals surface area contributed by atoms with Crippen molar-refractivity contribution in [2.24, 2.45) is 0 Å². The van der Waals surface area contributed by atoms with Crippen molar-refractivity contribution in [3.63, 3.8) is 0 Å². The van der Waals surface area contributed by atoms with E-state index in [0.717, 1.165) is 10.9 Å². The minimum Gasteiger partial charge on any atom is -0.790 e. The number of rotatable bonds is 8. The number of halogens is 1. The van der Waals surface area contributed by atoms with Crippen molar-refractivity contribution in [1.82, 2.24) is 19.5 Å². The number of nitrogen functional groups attached to an aromatic ring is 1. The summed E-state index contributed by atoms with van der Waals surface area (Å²) in [4.78, 5) is 53.8. The fourth-order valence-electron chi connectivity index (χ4n) is 2.64. The molecule has 0 radical (unpaired) electrons. The summed E-state index contributed by atoms with van der Waals surface area (Å²) < 4.78 is 63.3. The van der Waals surface area contributed by atoms with Gasteiger partial charge in [-0.15, -0.1) is 0 Å². The Hall–Kier alpha value is 2.57. The van der Waals surface area contributed by atoms with E-state index in [4.69, 9.17) is 10.5 Å². The molecule has 1 aliphatic heterocycles. The normalized spacial score (nSPS) is 24.9. The van der Waals surface area contributed by atoms with E-state index in [0.29, 0.717) is 0 Å². The molecule has 0 saturated carbocycles. The number of ether oxygens (including phenoxy) is 1. The van der Waals surface area contributed by atoms with Gasteiger partial charge in [-0.25, -0.2) is 9.29 Å². The third-order valence-electron chi connectivity index (χ3n) is 3.83. The second kappa shape index (κ2) is 15.7. The second-order valence-corrected chi connectivity index (χ2v) is 10.3. The van der Waals surface area contributed by atoms with Gasteiger partial charge in [0.15, 0.2) is 23.2 Å². The molecule has 18 nitrogen and oxygen atoms in total. The van der Waals surface area contributed by atoms with Crippen LogP contribution in [0.5, 0.6) is 0 Å². The maximum Gasteiger partial charge on any atom is 1.00 e. The van der Waals surface area contributed by atoms with E-state index in [9.17, 15) is 47.9 Å². The van der Waals surface area contributed by atoms with E-state index in [1.165, 1.54) is 0 Å². The van der Waals surface area contributed by atoms with Gasteiger partial charge in [0.05, 0.1) is 20.8 Å². The Bertz CT molecular complexity index is 1170. The molecular formula is C10H11FN5Na4O13P3. The monoisotopic (exact) mass is 613 g/mol. The van der Waals surface area contributed by atoms with Crippen LogP contribution in [-0.4, -0.2) is 54.7 Å². The van der Waals surface area contributed by atoms with Gasteiger partial charge in [0.2, 0.25) is 0 Å². The molecule has 26 heteroatoms. The minimum atomic E-state index is -6.18. The predicted octanol–water partition coefficient (Wildman–Crippen LogP) is -16.0. The largest absolute Gasteiger partial charge is 1.00 e. The first-order valence-corrected chi connectivity index (χ1v) is 12.4. The SMILES string of the molecule is Nc1nc(F)nc2c1ncn2C1OC(COP(=O)([O-])OP(=O)([O-])OP(=O)([O-])[O-])C(O)C1O.[Na+].[Na+].[Na+].[Na+]. The summed E-state index contributed by atoms with van der Waals surface area (Å²) in [6, 6.07) is 0. The zero-order chi connectivity index (χ0) is 24.1. The molecular weight excluding hydrogens is 602 g/mol. The summed E-state index contributed by atoms with van der Waals surface area (Å²) >= 11 is 0. The summed E-state index contributed by atoms with van der Waals surface area (Å²) in [5.41, 5.74) is 5.19. The standard InChI is InChI=1S/C10H15FN5O13P3.4Na/c11-10-14-7(12)4-8(15-10)16(2-13-4)9-6(18)5(17)3(27-9)1-26-31(22,23)29-32(24,25)28-30(19,20)21;;;;/h2-3,5-6,9,17-18H,1H2,(H,22,23)(H,24,25)(H2,12,14,15)(H2,19,20,21);;;;/q;4*+1/p-4. The Morgan fingerprint density at radius 1 is 1.03 bits per heavy atom. The third-order valence-corrected chi connectivity index (χ3v) is 7.49. The van der Waals surface area contributed by atoms with Crippen molar-refractivity contribution >= 4 is 40.4 Å². The Morgan fingerprint density at radius 2 is 1.61 bits per heavy atom. The number of anilines is 1. The molecule has 36 heavy (non-hydrogen) atoms. The number of hydrogen-bond donors (Lipinski definition) is 3. The zero-order valence-corrected chi connectivity index (χ0v) is 29.7. The van der Waals surface area contributed by atoms with Gasteiger partial charge < -0.3 is 49.3 Å². The van der Waals surface area contributed by atoms with E-state index in [-0.39, 0.29) is 135 Å². The van der Waals surface area contributed by atoms with Gasteiger partial charge in [0.1, 0.15) is 18.3 Å². The van der Waals surface area contributed by atoms with E-state index in [1.54, 1.807) is 0 Å². The van der Waals surface area contributed by atoms with Crippen LogP contribution < -0.4 is 144 Å². The molecule has 0 bridgehead atoms. The molecule has 0 aliphatic carbocycles. The molecule has 2 aromatic heterocycles. The Morgan fingerprint density at radius 3 is 2.17 bits per heavy atom. The molecule has 3 heterocycles. The third kappa shape index (κ3) is 10.8. The maximum absolute atomic E-state index is 13.5. The molecule has 1 aliphatic rings. The van der Waals surface area contributed by atoms with Gasteiger partial charge in [-0.05, 0) is 0 Å². The quantitative estimate of drug-likeness (QED) is 0.141. The number of phosphoric ester groups is 1. The molecule has 1 fully saturated rings. The molecule has 1 saturated heterocycles. The minimum absolute atomic E-state index is 0. The summed E-state index contributed by atoms with van der Waals surface area (Å²) in [6.07, 6.45) is -6.98. The number of aromatic nitrogens is 4. The summed E-state index contributed by atoms with van der Waals surface area (Å²) in [6.45, 7) is -1.15. The van der Waals surface area contributed by atoms with Gasteiger partial charge in [-0.1, -0.05) is 0 Å². The number of nitrogens with zero attached hydrogens (tertiary/aromatic N) is 4.